The number of nitrogens with zero attached hydrogens (tertiary/aromatic N) is 3. The van der Waals surface area contributed by atoms with Gasteiger partial charge in [0.15, 0.2) is 0 Å². The summed E-state index contributed by atoms with van der Waals surface area (Å²) < 4.78 is 0. The molecule has 2 N–H and O–H groups in total. The minimum Gasteiger partial charge on any atom is -0.340 e. The van der Waals surface area contributed by atoms with Gasteiger partial charge in [0, 0.05) is 26.0 Å². The minimum absolute atomic E-state index is 0. The second-order valence-electron chi connectivity index (χ2n) is 4.62. The van der Waals surface area contributed by atoms with Crippen molar-refractivity contribution in [3.8, 4) is 0 Å². The molecule has 0 saturated carbocycles. The van der Waals surface area contributed by atoms with Crippen molar-refractivity contribution in [2.75, 3.05) is 20.1 Å². The maximum absolute atomic E-state index is 11.9. The van der Waals surface area contributed by atoms with Crippen LogP contribution >= 0.6 is 24.8 Å². The van der Waals surface area contributed by atoms with Gasteiger partial charge in [-0.25, -0.2) is 4.98 Å². The molecule has 0 aliphatic carbocycles. The van der Waals surface area contributed by atoms with Crippen LogP contribution in [0.5, 0.6) is 0 Å². The number of hydrogen-bond acceptors (Lipinski definition) is 4. The molecule has 0 aliphatic heterocycles. The molecule has 1 aromatic heterocycles. The van der Waals surface area contributed by atoms with Gasteiger partial charge in [-0.1, -0.05) is 13.8 Å². The van der Waals surface area contributed by atoms with E-state index in [0.717, 1.165) is 0 Å². The highest BCUT2D eigenvalue weighted by Crippen LogP contribution is 2.14. The predicted octanol–water partition coefficient (Wildman–Crippen LogP) is 1.38. The minimum atomic E-state index is -0.130. The lowest BCUT2D eigenvalue weighted by Gasteiger charge is -2.28. The fraction of sp³-hybridized carbons (Fsp3) is 0.545. The second-order valence-corrected chi connectivity index (χ2v) is 4.62. The number of nitrogens with two attached hydrogens (primary N) is 1. The molecule has 0 bridgehead atoms. The van der Waals surface area contributed by atoms with Crippen LogP contribution in [0.3, 0.4) is 0 Å². The molecule has 0 aromatic carbocycles. The third-order valence-electron chi connectivity index (χ3n) is 2.35. The monoisotopic (exact) mass is 294 g/mol. The molecule has 5 nitrogen and oxygen atoms in total. The third-order valence-corrected chi connectivity index (χ3v) is 2.35. The molecule has 7 heteroatoms. The highest BCUT2D eigenvalue weighted by molar-refractivity contribution is 5.91. The zero-order valence-corrected chi connectivity index (χ0v) is 12.4. The Morgan fingerprint density at radius 3 is 2.44 bits per heavy atom. The first kappa shape index (κ1) is 19.4. The van der Waals surface area contributed by atoms with E-state index in [1.807, 2.05) is 13.8 Å². The molecule has 1 aromatic rings. The lowest BCUT2D eigenvalue weighted by atomic mass is 9.93. The fourth-order valence-electron chi connectivity index (χ4n) is 1.38. The molecule has 0 spiro atoms. The van der Waals surface area contributed by atoms with Crippen molar-refractivity contribution in [3.05, 3.63) is 24.3 Å². The molecule has 18 heavy (non-hydrogen) atoms. The average Bonchev–Trinajstić information content (AvgIpc) is 2.28. The maximum atomic E-state index is 11.9. The first-order valence-electron chi connectivity index (χ1n) is 5.18. The molecule has 0 saturated heterocycles. The van der Waals surface area contributed by atoms with Gasteiger partial charge in [-0.2, -0.15) is 0 Å². The zero-order chi connectivity index (χ0) is 12.2. The smallest absolute Gasteiger partial charge is 0.273 e. The molecular weight excluding hydrogens is 275 g/mol. The number of carbonyl (C=O) groups excluding carboxylic acids is 1. The van der Waals surface area contributed by atoms with E-state index >= 15 is 0 Å². The third kappa shape index (κ3) is 5.62. The average molecular weight is 295 g/mol. The van der Waals surface area contributed by atoms with Gasteiger partial charge in [0.1, 0.15) is 5.69 Å². The van der Waals surface area contributed by atoms with Gasteiger partial charge >= 0.3 is 0 Å². The summed E-state index contributed by atoms with van der Waals surface area (Å²) in [5.74, 6) is -0.130. The summed E-state index contributed by atoms with van der Waals surface area (Å²) in [4.78, 5) is 21.4. The standard InChI is InChI=1S/C11H18N4O.2ClH/c1-11(2,7-12)8-15(3)10(16)9-6-13-4-5-14-9;;/h4-6H,7-8,12H2,1-3H3;2*1H. The van der Waals surface area contributed by atoms with Crippen LogP contribution in [0.15, 0.2) is 18.6 Å². The number of aromatic nitrogens is 2. The van der Waals surface area contributed by atoms with Gasteiger partial charge in [-0.3, -0.25) is 9.78 Å². The van der Waals surface area contributed by atoms with E-state index in [4.69, 9.17) is 5.73 Å². The summed E-state index contributed by atoms with van der Waals surface area (Å²) in [5.41, 5.74) is 5.90. The maximum Gasteiger partial charge on any atom is 0.273 e. The largest absolute Gasteiger partial charge is 0.340 e. The van der Waals surface area contributed by atoms with Gasteiger partial charge in [0.05, 0.1) is 6.20 Å². The number of rotatable bonds is 4. The number of carbonyl (C=O) groups is 1. The Bertz CT molecular complexity index is 359. The van der Waals surface area contributed by atoms with E-state index in [0.29, 0.717) is 18.8 Å². The Kier molecular flexibility index (Phi) is 8.89. The first-order valence-corrected chi connectivity index (χ1v) is 5.18. The molecule has 0 radical (unpaired) electrons. The van der Waals surface area contributed by atoms with E-state index in [1.54, 1.807) is 18.1 Å². The second kappa shape index (κ2) is 8.24. The van der Waals surface area contributed by atoms with Gasteiger partial charge in [-0.05, 0) is 12.0 Å². The van der Waals surface area contributed by atoms with Crippen LogP contribution in [0, 0.1) is 5.41 Å². The molecule has 1 amide bonds. The lowest BCUT2D eigenvalue weighted by molar-refractivity contribution is 0.0734. The SMILES string of the molecule is CN(CC(C)(C)CN)C(=O)c1cnccn1.Cl.Cl. The molecule has 0 unspecified atom stereocenters. The van der Waals surface area contributed by atoms with Crippen LogP contribution in [0.4, 0.5) is 0 Å². The zero-order valence-electron chi connectivity index (χ0n) is 10.8. The lowest BCUT2D eigenvalue weighted by Crippen LogP contribution is -2.40. The van der Waals surface area contributed by atoms with Crippen LogP contribution in [-0.4, -0.2) is 40.9 Å². The van der Waals surface area contributed by atoms with Crippen molar-refractivity contribution in [1.82, 2.24) is 14.9 Å². The van der Waals surface area contributed by atoms with Crippen molar-refractivity contribution in [1.29, 1.82) is 0 Å². The molecule has 0 aliphatic rings. The van der Waals surface area contributed by atoms with E-state index in [-0.39, 0.29) is 36.1 Å². The van der Waals surface area contributed by atoms with Crippen molar-refractivity contribution < 1.29 is 4.79 Å². The fourth-order valence-corrected chi connectivity index (χ4v) is 1.38. The van der Waals surface area contributed by atoms with Gasteiger partial charge in [0.25, 0.3) is 5.91 Å². The quantitative estimate of drug-likeness (QED) is 0.910. The van der Waals surface area contributed by atoms with E-state index < -0.39 is 0 Å². The van der Waals surface area contributed by atoms with E-state index in [2.05, 4.69) is 9.97 Å². The highest BCUT2D eigenvalue weighted by Gasteiger charge is 2.22. The Morgan fingerprint density at radius 2 is 2.00 bits per heavy atom. The van der Waals surface area contributed by atoms with Crippen LogP contribution < -0.4 is 5.73 Å². The molecule has 104 valence electrons. The topological polar surface area (TPSA) is 72.1 Å². The van der Waals surface area contributed by atoms with Crippen LogP contribution in [0.2, 0.25) is 0 Å². The van der Waals surface area contributed by atoms with E-state index in [1.165, 1.54) is 12.4 Å². The summed E-state index contributed by atoms with van der Waals surface area (Å²) in [6, 6.07) is 0. The van der Waals surface area contributed by atoms with Gasteiger partial charge < -0.3 is 10.6 Å². The van der Waals surface area contributed by atoms with Crippen molar-refractivity contribution >= 4 is 30.7 Å². The summed E-state index contributed by atoms with van der Waals surface area (Å²) in [6.45, 7) is 5.17. The predicted molar refractivity (Wildman–Crippen MR) is 76.3 cm³/mol. The Balaban J connectivity index is 0. The van der Waals surface area contributed by atoms with Crippen LogP contribution in [-0.2, 0) is 0 Å². The van der Waals surface area contributed by atoms with Gasteiger partial charge in [-0.15, -0.1) is 24.8 Å². The highest BCUT2D eigenvalue weighted by atomic mass is 35.5. The molecule has 1 heterocycles. The molecule has 1 rings (SSSR count). The summed E-state index contributed by atoms with van der Waals surface area (Å²) in [6.07, 6.45) is 4.52. The number of hydrogen-bond donors (Lipinski definition) is 1. The number of halogens is 2. The molecule has 0 fully saturated rings. The van der Waals surface area contributed by atoms with Crippen LogP contribution in [0.25, 0.3) is 0 Å². The van der Waals surface area contributed by atoms with Crippen molar-refractivity contribution in [3.63, 3.8) is 0 Å². The van der Waals surface area contributed by atoms with Crippen LogP contribution in [0.1, 0.15) is 24.3 Å². The number of amides is 1. The molecule has 0 atom stereocenters. The van der Waals surface area contributed by atoms with E-state index in [9.17, 15) is 4.79 Å². The Morgan fingerprint density at radius 1 is 1.39 bits per heavy atom. The normalized spacial score (nSPS) is 10.0. The summed E-state index contributed by atoms with van der Waals surface area (Å²) in [7, 11) is 1.74. The molecular formula is C11H20Cl2N4O. The summed E-state index contributed by atoms with van der Waals surface area (Å²) in [5, 5.41) is 0. The first-order chi connectivity index (χ1) is 7.46. The Labute approximate surface area is 120 Å². The Hall–Kier alpha value is -0.910. The van der Waals surface area contributed by atoms with Crippen molar-refractivity contribution in [2.24, 2.45) is 11.1 Å². The van der Waals surface area contributed by atoms with Gasteiger partial charge in [0.2, 0.25) is 0 Å². The van der Waals surface area contributed by atoms with Crippen molar-refractivity contribution in [2.45, 2.75) is 13.8 Å². The summed E-state index contributed by atoms with van der Waals surface area (Å²) >= 11 is 0.